The van der Waals surface area contributed by atoms with Gasteiger partial charge in [-0.3, -0.25) is 14.5 Å². The molecule has 33 heavy (non-hydrogen) atoms. The van der Waals surface area contributed by atoms with Gasteiger partial charge in [0.25, 0.3) is 5.91 Å². The molecule has 0 radical (unpaired) electrons. The number of para-hydroxylation sites is 1. The molecular weight excluding hydrogens is 440 g/mol. The lowest BCUT2D eigenvalue weighted by atomic mass is 10.1. The zero-order chi connectivity index (χ0) is 23.4. The van der Waals surface area contributed by atoms with Crippen LogP contribution in [0.2, 0.25) is 5.02 Å². The second-order valence-corrected chi connectivity index (χ2v) is 8.51. The molecule has 0 unspecified atom stereocenters. The van der Waals surface area contributed by atoms with Crippen LogP contribution < -0.4 is 15.5 Å². The number of rotatable bonds is 7. The van der Waals surface area contributed by atoms with E-state index in [9.17, 15) is 9.59 Å². The molecule has 0 saturated carbocycles. The fourth-order valence-corrected chi connectivity index (χ4v) is 4.40. The number of hydrogen-bond donors (Lipinski definition) is 1. The van der Waals surface area contributed by atoms with Gasteiger partial charge in [0.15, 0.2) is 5.69 Å². The predicted octanol–water partition coefficient (Wildman–Crippen LogP) is 3.77. The third-order valence-corrected chi connectivity index (χ3v) is 6.26. The van der Waals surface area contributed by atoms with Crippen LogP contribution in [0.1, 0.15) is 40.6 Å². The Labute approximate surface area is 197 Å². The minimum atomic E-state index is -0.501. The molecule has 1 atom stereocenters. The third-order valence-electron chi connectivity index (χ3n) is 5.94. The third kappa shape index (κ3) is 5.10. The summed E-state index contributed by atoms with van der Waals surface area (Å²) in [4.78, 5) is 28.0. The maximum Gasteiger partial charge on any atom is 0.275 e. The largest absolute Gasteiger partial charge is 0.497 e. The first-order valence-corrected chi connectivity index (χ1v) is 11.4. The van der Waals surface area contributed by atoms with E-state index in [0.717, 1.165) is 37.2 Å². The molecule has 1 aromatic heterocycles. The van der Waals surface area contributed by atoms with Crippen molar-refractivity contribution in [2.24, 2.45) is 0 Å². The van der Waals surface area contributed by atoms with E-state index < -0.39 is 11.3 Å². The molecule has 8 heteroatoms. The number of methoxy groups -OCH3 is 1. The standard InChI is InChI=1S/C25H27ClN4O3/c1-17-15-23(31)24(28-30(17)21-8-4-3-7-20(21)26)25(32)27-16-22(29-13-5-6-14-29)18-9-11-19(33-2)12-10-18/h3-4,7-12,15,22H,5-6,13-14,16H2,1-2H3,(H,27,32)/t22-/m0/s1. The van der Waals surface area contributed by atoms with Gasteiger partial charge in [0.05, 0.1) is 23.9 Å². The summed E-state index contributed by atoms with van der Waals surface area (Å²) in [5.41, 5.74) is 1.71. The molecule has 172 valence electrons. The summed E-state index contributed by atoms with van der Waals surface area (Å²) in [5, 5.41) is 7.77. The number of aromatic nitrogens is 2. The lowest BCUT2D eigenvalue weighted by molar-refractivity contribution is 0.0930. The number of aryl methyl sites for hydroxylation is 1. The number of nitrogens with one attached hydrogen (secondary N) is 1. The van der Waals surface area contributed by atoms with Gasteiger partial charge in [0, 0.05) is 18.3 Å². The van der Waals surface area contributed by atoms with Crippen molar-refractivity contribution in [2.45, 2.75) is 25.8 Å². The fourth-order valence-electron chi connectivity index (χ4n) is 4.18. The lowest BCUT2D eigenvalue weighted by Gasteiger charge is -2.28. The Morgan fingerprint density at radius 2 is 1.85 bits per heavy atom. The molecular formula is C25H27ClN4O3. The highest BCUT2D eigenvalue weighted by Crippen LogP contribution is 2.26. The van der Waals surface area contributed by atoms with E-state index in [1.807, 2.05) is 36.4 Å². The molecule has 1 aliphatic rings. The summed E-state index contributed by atoms with van der Waals surface area (Å²) in [6, 6.07) is 16.5. The first-order valence-electron chi connectivity index (χ1n) is 11.0. The number of benzene rings is 2. The van der Waals surface area contributed by atoms with Crippen LogP contribution in [-0.2, 0) is 0 Å². The van der Waals surface area contributed by atoms with Crippen LogP contribution in [0.15, 0.2) is 59.4 Å². The van der Waals surface area contributed by atoms with E-state index in [4.69, 9.17) is 16.3 Å². The molecule has 7 nitrogen and oxygen atoms in total. The molecule has 1 N–H and O–H groups in total. The van der Waals surface area contributed by atoms with Crippen LogP contribution >= 0.6 is 11.6 Å². The Morgan fingerprint density at radius 3 is 2.52 bits per heavy atom. The number of likely N-dealkylation sites (tertiary alicyclic amines) is 1. The number of ether oxygens (including phenoxy) is 1. The molecule has 3 aromatic rings. The molecule has 1 saturated heterocycles. The van der Waals surface area contributed by atoms with Gasteiger partial charge in [-0.2, -0.15) is 5.10 Å². The van der Waals surface area contributed by atoms with Gasteiger partial charge in [-0.1, -0.05) is 35.9 Å². The molecule has 1 amide bonds. The molecule has 1 fully saturated rings. The Bertz CT molecular complexity index is 1190. The Kier molecular flexibility index (Phi) is 7.11. The van der Waals surface area contributed by atoms with Crippen LogP contribution in [0.3, 0.4) is 0 Å². The quantitative estimate of drug-likeness (QED) is 0.573. The van der Waals surface area contributed by atoms with Crippen LogP contribution in [0.25, 0.3) is 5.69 Å². The summed E-state index contributed by atoms with van der Waals surface area (Å²) >= 11 is 6.31. The molecule has 0 aliphatic carbocycles. The first kappa shape index (κ1) is 23.0. The summed E-state index contributed by atoms with van der Waals surface area (Å²) in [5.74, 6) is 0.283. The number of nitrogens with zero attached hydrogens (tertiary/aromatic N) is 3. The maximum absolute atomic E-state index is 13.0. The molecule has 0 bridgehead atoms. The number of carbonyl (C=O) groups is 1. The number of amides is 1. The molecule has 0 spiro atoms. The fraction of sp³-hybridized carbons (Fsp3) is 0.320. The van der Waals surface area contributed by atoms with Gasteiger partial charge in [0.2, 0.25) is 5.43 Å². The lowest BCUT2D eigenvalue weighted by Crippen LogP contribution is -2.39. The average Bonchev–Trinajstić information content (AvgIpc) is 3.35. The molecule has 2 aromatic carbocycles. The van der Waals surface area contributed by atoms with E-state index in [0.29, 0.717) is 22.9 Å². The van der Waals surface area contributed by atoms with Crippen molar-refractivity contribution < 1.29 is 9.53 Å². The van der Waals surface area contributed by atoms with Gasteiger partial charge >= 0.3 is 0 Å². The Balaban J connectivity index is 1.58. The highest BCUT2D eigenvalue weighted by atomic mass is 35.5. The Hall–Kier alpha value is -3.16. The molecule has 1 aliphatic heterocycles. The van der Waals surface area contributed by atoms with Crippen molar-refractivity contribution in [3.8, 4) is 11.4 Å². The van der Waals surface area contributed by atoms with E-state index in [1.165, 1.54) is 10.7 Å². The van der Waals surface area contributed by atoms with Crippen LogP contribution in [0.4, 0.5) is 0 Å². The van der Waals surface area contributed by atoms with E-state index in [1.54, 1.807) is 26.2 Å². The highest BCUT2D eigenvalue weighted by Gasteiger charge is 2.25. The first-order chi connectivity index (χ1) is 16.0. The van der Waals surface area contributed by atoms with Gasteiger partial charge in [-0.05, 0) is 62.7 Å². The van der Waals surface area contributed by atoms with Crippen molar-refractivity contribution in [3.05, 3.63) is 86.8 Å². The molecule has 2 heterocycles. The zero-order valence-corrected chi connectivity index (χ0v) is 19.5. The van der Waals surface area contributed by atoms with Crippen molar-refractivity contribution in [3.63, 3.8) is 0 Å². The van der Waals surface area contributed by atoms with Crippen molar-refractivity contribution in [1.82, 2.24) is 20.0 Å². The SMILES string of the molecule is COc1ccc([C@H](CNC(=O)c2nn(-c3ccccc3Cl)c(C)cc2=O)N2CCCC2)cc1. The predicted molar refractivity (Wildman–Crippen MR) is 128 cm³/mol. The van der Waals surface area contributed by atoms with Crippen LogP contribution in [-0.4, -0.2) is 47.3 Å². The summed E-state index contributed by atoms with van der Waals surface area (Å²) in [6.07, 6.45) is 2.26. The van der Waals surface area contributed by atoms with E-state index >= 15 is 0 Å². The minimum absolute atomic E-state index is 0.00130. The van der Waals surface area contributed by atoms with E-state index in [2.05, 4.69) is 15.3 Å². The van der Waals surface area contributed by atoms with Gasteiger partial charge < -0.3 is 10.1 Å². The Morgan fingerprint density at radius 1 is 1.15 bits per heavy atom. The van der Waals surface area contributed by atoms with Gasteiger partial charge in [0.1, 0.15) is 5.75 Å². The topological polar surface area (TPSA) is 76.5 Å². The van der Waals surface area contributed by atoms with Crippen LogP contribution in [0, 0.1) is 6.92 Å². The average molecular weight is 467 g/mol. The second kappa shape index (κ2) is 10.2. The molecule has 4 rings (SSSR count). The maximum atomic E-state index is 13.0. The van der Waals surface area contributed by atoms with Gasteiger partial charge in [-0.15, -0.1) is 0 Å². The summed E-state index contributed by atoms with van der Waals surface area (Å²) < 4.78 is 6.80. The number of hydrogen-bond acceptors (Lipinski definition) is 5. The summed E-state index contributed by atoms with van der Waals surface area (Å²) in [7, 11) is 1.64. The monoisotopic (exact) mass is 466 g/mol. The number of halogens is 1. The van der Waals surface area contributed by atoms with Crippen molar-refractivity contribution >= 4 is 17.5 Å². The zero-order valence-electron chi connectivity index (χ0n) is 18.8. The summed E-state index contributed by atoms with van der Waals surface area (Å²) in [6.45, 7) is 4.06. The van der Waals surface area contributed by atoms with Gasteiger partial charge in [-0.25, -0.2) is 4.68 Å². The second-order valence-electron chi connectivity index (χ2n) is 8.10. The smallest absolute Gasteiger partial charge is 0.275 e. The normalized spacial score (nSPS) is 14.8. The van der Waals surface area contributed by atoms with Crippen molar-refractivity contribution in [2.75, 3.05) is 26.7 Å². The highest BCUT2D eigenvalue weighted by molar-refractivity contribution is 6.32. The number of carbonyl (C=O) groups excluding carboxylic acids is 1. The van der Waals surface area contributed by atoms with Crippen LogP contribution in [0.5, 0.6) is 5.75 Å². The minimum Gasteiger partial charge on any atom is -0.497 e. The van der Waals surface area contributed by atoms with E-state index in [-0.39, 0.29) is 11.7 Å². The van der Waals surface area contributed by atoms with Crippen molar-refractivity contribution in [1.29, 1.82) is 0 Å².